The minimum Gasteiger partial charge on any atom is -0.396 e. The molecule has 0 spiro atoms. The van der Waals surface area contributed by atoms with Crippen molar-refractivity contribution in [3.8, 4) is 0 Å². The van der Waals surface area contributed by atoms with E-state index in [0.717, 1.165) is 39.2 Å². The SMILES string of the molecule is Nc1cnc2ccc(Br)cc2c1NCC1(C2CC2)CC1. The van der Waals surface area contributed by atoms with Gasteiger partial charge in [0.2, 0.25) is 0 Å². The van der Waals surface area contributed by atoms with Gasteiger partial charge in [-0.25, -0.2) is 0 Å². The van der Waals surface area contributed by atoms with E-state index in [-0.39, 0.29) is 0 Å². The molecule has 2 fully saturated rings. The highest BCUT2D eigenvalue weighted by Crippen LogP contribution is 2.61. The Balaban J connectivity index is 1.67. The predicted octanol–water partition coefficient (Wildman–Crippen LogP) is 4.18. The van der Waals surface area contributed by atoms with Gasteiger partial charge in [0.05, 0.1) is 23.1 Å². The van der Waals surface area contributed by atoms with Crippen molar-refractivity contribution in [1.29, 1.82) is 0 Å². The average molecular weight is 332 g/mol. The normalized spacial score (nSPS) is 20.1. The molecule has 20 heavy (non-hydrogen) atoms. The number of halogens is 1. The number of anilines is 2. The third-order valence-corrected chi connectivity index (χ3v) is 5.31. The summed E-state index contributed by atoms with van der Waals surface area (Å²) in [6.45, 7) is 1.05. The lowest BCUT2D eigenvalue weighted by Crippen LogP contribution is -2.18. The molecule has 1 aromatic heterocycles. The number of aromatic nitrogens is 1. The summed E-state index contributed by atoms with van der Waals surface area (Å²) in [6, 6.07) is 6.14. The molecule has 104 valence electrons. The van der Waals surface area contributed by atoms with Gasteiger partial charge < -0.3 is 11.1 Å². The van der Waals surface area contributed by atoms with Crippen LogP contribution in [0.25, 0.3) is 10.9 Å². The molecule has 0 radical (unpaired) electrons. The van der Waals surface area contributed by atoms with Crippen LogP contribution in [0.2, 0.25) is 0 Å². The number of nitrogens with zero attached hydrogens (tertiary/aromatic N) is 1. The zero-order chi connectivity index (χ0) is 13.7. The maximum absolute atomic E-state index is 6.14. The first-order chi connectivity index (χ1) is 9.68. The van der Waals surface area contributed by atoms with Gasteiger partial charge in [0, 0.05) is 16.4 Å². The van der Waals surface area contributed by atoms with Crippen molar-refractivity contribution in [3.63, 3.8) is 0 Å². The molecule has 0 saturated heterocycles. The molecule has 2 aromatic rings. The van der Waals surface area contributed by atoms with E-state index in [9.17, 15) is 0 Å². The van der Waals surface area contributed by atoms with Crippen LogP contribution in [0, 0.1) is 11.3 Å². The molecule has 0 bridgehead atoms. The molecule has 0 unspecified atom stereocenters. The first-order valence-corrected chi connectivity index (χ1v) is 8.05. The predicted molar refractivity (Wildman–Crippen MR) is 86.7 cm³/mol. The standard InChI is InChI=1S/C16H18BrN3/c17-11-3-4-14-12(7-11)15(13(18)8-19-14)20-9-16(5-6-16)10-1-2-10/h3-4,7-8,10H,1-2,5-6,9,18H2,(H,19,20). The molecule has 1 aromatic carbocycles. The fourth-order valence-electron chi connectivity index (χ4n) is 3.23. The summed E-state index contributed by atoms with van der Waals surface area (Å²) in [6.07, 6.45) is 7.34. The average Bonchev–Trinajstić information content (AvgIpc) is 3.30. The molecule has 0 aliphatic heterocycles. The second kappa shape index (κ2) is 4.35. The summed E-state index contributed by atoms with van der Waals surface area (Å²) in [4.78, 5) is 4.40. The van der Waals surface area contributed by atoms with E-state index in [1.54, 1.807) is 6.20 Å². The zero-order valence-corrected chi connectivity index (χ0v) is 12.9. The number of fused-ring (bicyclic) bond motifs is 1. The maximum Gasteiger partial charge on any atom is 0.0743 e. The summed E-state index contributed by atoms with van der Waals surface area (Å²) in [5.74, 6) is 0.955. The Kier molecular flexibility index (Phi) is 2.71. The third-order valence-electron chi connectivity index (χ3n) is 4.81. The zero-order valence-electron chi connectivity index (χ0n) is 11.3. The molecule has 3 nitrogen and oxygen atoms in total. The lowest BCUT2D eigenvalue weighted by molar-refractivity contribution is 0.467. The molecule has 1 heterocycles. The summed E-state index contributed by atoms with van der Waals surface area (Å²) in [5, 5.41) is 4.72. The Morgan fingerprint density at radius 3 is 2.85 bits per heavy atom. The minimum absolute atomic E-state index is 0.564. The summed E-state index contributed by atoms with van der Waals surface area (Å²) in [5.41, 5.74) is 9.47. The molecule has 2 aliphatic carbocycles. The topological polar surface area (TPSA) is 50.9 Å². The van der Waals surface area contributed by atoms with Gasteiger partial charge >= 0.3 is 0 Å². The van der Waals surface area contributed by atoms with Crippen molar-refractivity contribution in [2.75, 3.05) is 17.6 Å². The van der Waals surface area contributed by atoms with Gasteiger partial charge in [0.1, 0.15) is 0 Å². The number of benzene rings is 1. The molecule has 4 rings (SSSR count). The second-order valence-corrected chi connectivity index (χ2v) is 7.16. The van der Waals surface area contributed by atoms with Gasteiger partial charge in [0.15, 0.2) is 0 Å². The first-order valence-electron chi connectivity index (χ1n) is 7.26. The lowest BCUT2D eigenvalue weighted by Gasteiger charge is -2.18. The molecule has 0 amide bonds. The summed E-state index contributed by atoms with van der Waals surface area (Å²) < 4.78 is 1.06. The quantitative estimate of drug-likeness (QED) is 0.883. The Hall–Kier alpha value is -1.29. The van der Waals surface area contributed by atoms with Gasteiger partial charge in [-0.05, 0) is 55.2 Å². The molecule has 4 heteroatoms. The molecular weight excluding hydrogens is 314 g/mol. The third kappa shape index (κ3) is 2.06. The highest BCUT2D eigenvalue weighted by molar-refractivity contribution is 9.10. The van der Waals surface area contributed by atoms with Crippen LogP contribution in [0.4, 0.5) is 11.4 Å². The Morgan fingerprint density at radius 2 is 2.15 bits per heavy atom. The number of hydrogen-bond acceptors (Lipinski definition) is 3. The number of nitrogen functional groups attached to an aromatic ring is 1. The minimum atomic E-state index is 0.564. The lowest BCUT2D eigenvalue weighted by atomic mass is 10.0. The highest BCUT2D eigenvalue weighted by atomic mass is 79.9. The summed E-state index contributed by atoms with van der Waals surface area (Å²) >= 11 is 3.53. The number of nitrogens with two attached hydrogens (primary N) is 1. The molecular formula is C16H18BrN3. The van der Waals surface area contributed by atoms with Crippen LogP contribution in [0.3, 0.4) is 0 Å². The van der Waals surface area contributed by atoms with E-state index in [1.807, 2.05) is 12.1 Å². The smallest absolute Gasteiger partial charge is 0.0743 e. The van der Waals surface area contributed by atoms with Gasteiger partial charge in [-0.15, -0.1) is 0 Å². The first kappa shape index (κ1) is 12.5. The molecule has 0 atom stereocenters. The maximum atomic E-state index is 6.14. The van der Waals surface area contributed by atoms with E-state index in [1.165, 1.54) is 25.7 Å². The van der Waals surface area contributed by atoms with E-state index in [4.69, 9.17) is 5.73 Å². The van der Waals surface area contributed by atoms with Crippen LogP contribution in [-0.2, 0) is 0 Å². The molecule has 2 aliphatic rings. The van der Waals surface area contributed by atoms with Crippen LogP contribution in [0.5, 0.6) is 0 Å². The van der Waals surface area contributed by atoms with Crippen molar-refractivity contribution < 1.29 is 0 Å². The van der Waals surface area contributed by atoms with E-state index in [2.05, 4.69) is 32.3 Å². The second-order valence-electron chi connectivity index (χ2n) is 6.24. The van der Waals surface area contributed by atoms with Crippen molar-refractivity contribution >= 4 is 38.2 Å². The number of pyridine rings is 1. The highest BCUT2D eigenvalue weighted by Gasteiger charge is 2.53. The fraction of sp³-hybridized carbons (Fsp3) is 0.438. The van der Waals surface area contributed by atoms with E-state index >= 15 is 0 Å². The number of hydrogen-bond donors (Lipinski definition) is 2. The van der Waals surface area contributed by atoms with Crippen LogP contribution in [-0.4, -0.2) is 11.5 Å². The summed E-state index contributed by atoms with van der Waals surface area (Å²) in [7, 11) is 0. The van der Waals surface area contributed by atoms with Crippen LogP contribution in [0.15, 0.2) is 28.9 Å². The van der Waals surface area contributed by atoms with Crippen LogP contribution >= 0.6 is 15.9 Å². The largest absolute Gasteiger partial charge is 0.396 e. The van der Waals surface area contributed by atoms with Crippen molar-refractivity contribution in [2.45, 2.75) is 25.7 Å². The Labute approximate surface area is 127 Å². The Morgan fingerprint density at radius 1 is 1.35 bits per heavy atom. The monoisotopic (exact) mass is 331 g/mol. The van der Waals surface area contributed by atoms with Gasteiger partial charge in [-0.2, -0.15) is 0 Å². The number of nitrogens with one attached hydrogen (secondary N) is 1. The van der Waals surface area contributed by atoms with Gasteiger partial charge in [-0.3, -0.25) is 4.98 Å². The van der Waals surface area contributed by atoms with Gasteiger partial charge in [-0.1, -0.05) is 15.9 Å². The van der Waals surface area contributed by atoms with Crippen molar-refractivity contribution in [1.82, 2.24) is 4.98 Å². The van der Waals surface area contributed by atoms with Crippen molar-refractivity contribution in [3.05, 3.63) is 28.9 Å². The number of rotatable bonds is 4. The molecule has 3 N–H and O–H groups in total. The Bertz CT molecular complexity index is 669. The van der Waals surface area contributed by atoms with Crippen molar-refractivity contribution in [2.24, 2.45) is 11.3 Å². The van der Waals surface area contributed by atoms with Crippen LogP contribution in [0.1, 0.15) is 25.7 Å². The van der Waals surface area contributed by atoms with E-state index < -0.39 is 0 Å². The van der Waals surface area contributed by atoms with Gasteiger partial charge in [0.25, 0.3) is 0 Å². The van der Waals surface area contributed by atoms with Crippen LogP contribution < -0.4 is 11.1 Å². The molecule has 2 saturated carbocycles. The van der Waals surface area contributed by atoms with E-state index in [0.29, 0.717) is 5.41 Å². The fourth-order valence-corrected chi connectivity index (χ4v) is 3.59.